The molecular formula is C11H20O2. The summed E-state index contributed by atoms with van der Waals surface area (Å²) >= 11 is 0. The summed E-state index contributed by atoms with van der Waals surface area (Å²) in [5.41, 5.74) is 1.09. The van der Waals surface area contributed by atoms with Gasteiger partial charge in [-0.2, -0.15) is 0 Å². The molecule has 2 atom stereocenters. The minimum atomic E-state index is -1.23. The van der Waals surface area contributed by atoms with E-state index >= 15 is 0 Å². The van der Waals surface area contributed by atoms with Crippen LogP contribution in [0.1, 0.15) is 34.1 Å². The number of aliphatic hydroxyl groups excluding tert-OH is 1. The molecule has 0 unspecified atom stereocenters. The maximum Gasteiger partial charge on any atom is 0.158 e. The Morgan fingerprint density at radius 3 is 2.38 bits per heavy atom. The molecule has 0 amide bonds. The Morgan fingerprint density at radius 2 is 2.00 bits per heavy atom. The van der Waals surface area contributed by atoms with Gasteiger partial charge in [0.15, 0.2) is 6.29 Å². The van der Waals surface area contributed by atoms with Crippen LogP contribution >= 0.6 is 0 Å². The van der Waals surface area contributed by atoms with Crippen molar-refractivity contribution in [2.45, 2.75) is 40.4 Å². The summed E-state index contributed by atoms with van der Waals surface area (Å²) in [6, 6.07) is 0. The van der Waals surface area contributed by atoms with Gasteiger partial charge in [-0.3, -0.25) is 0 Å². The molecule has 0 spiro atoms. The molecule has 76 valence electrons. The predicted molar refractivity (Wildman–Crippen MR) is 53.0 cm³/mol. The van der Waals surface area contributed by atoms with Gasteiger partial charge < -0.3 is 10.2 Å². The first-order chi connectivity index (χ1) is 5.87. The van der Waals surface area contributed by atoms with Crippen LogP contribution in [0.15, 0.2) is 11.6 Å². The van der Waals surface area contributed by atoms with Crippen molar-refractivity contribution in [1.82, 2.24) is 0 Å². The van der Waals surface area contributed by atoms with Crippen molar-refractivity contribution in [3.8, 4) is 0 Å². The van der Waals surface area contributed by atoms with Crippen LogP contribution in [0.3, 0.4) is 0 Å². The summed E-state index contributed by atoms with van der Waals surface area (Å²) in [5.74, 6) is 0.388. The summed E-state index contributed by atoms with van der Waals surface area (Å²) in [7, 11) is 0. The van der Waals surface area contributed by atoms with E-state index < -0.39 is 6.29 Å². The fourth-order valence-corrected chi connectivity index (χ4v) is 2.31. The second-order valence-corrected chi connectivity index (χ2v) is 4.80. The summed E-state index contributed by atoms with van der Waals surface area (Å²) in [6.07, 6.45) is 1.94. The summed E-state index contributed by atoms with van der Waals surface area (Å²) in [4.78, 5) is 0. The molecule has 0 aromatic heterocycles. The number of allylic oxidation sites excluding steroid dienone is 1. The van der Waals surface area contributed by atoms with Crippen LogP contribution in [-0.4, -0.2) is 16.5 Å². The molecule has 0 aromatic carbocycles. The fourth-order valence-electron chi connectivity index (χ4n) is 2.31. The van der Waals surface area contributed by atoms with Crippen LogP contribution in [0.25, 0.3) is 0 Å². The minimum Gasteiger partial charge on any atom is -0.368 e. The first kappa shape index (κ1) is 10.7. The van der Waals surface area contributed by atoms with Crippen molar-refractivity contribution in [1.29, 1.82) is 0 Å². The minimum absolute atomic E-state index is 0.0208. The van der Waals surface area contributed by atoms with E-state index in [1.54, 1.807) is 0 Å². The lowest BCUT2D eigenvalue weighted by atomic mass is 9.63. The highest BCUT2D eigenvalue weighted by atomic mass is 16.5. The van der Waals surface area contributed by atoms with Crippen LogP contribution in [0.4, 0.5) is 0 Å². The van der Waals surface area contributed by atoms with Gasteiger partial charge in [-0.1, -0.05) is 32.4 Å². The highest BCUT2D eigenvalue weighted by molar-refractivity contribution is 5.14. The molecule has 0 radical (unpaired) electrons. The highest BCUT2D eigenvalue weighted by Crippen LogP contribution is 2.45. The smallest absolute Gasteiger partial charge is 0.158 e. The van der Waals surface area contributed by atoms with Crippen molar-refractivity contribution < 1.29 is 10.2 Å². The van der Waals surface area contributed by atoms with E-state index in [0.717, 1.165) is 12.0 Å². The number of rotatable bonds is 1. The standard InChI is InChI=1S/C11H20O2/c1-7-5-6-8(2)11(3,4)9(7)10(12)13/h5,8-10,12-13H,6H2,1-4H3/t8-,9+/m1/s1. The molecule has 1 rings (SSSR count). The van der Waals surface area contributed by atoms with Crippen LogP contribution in [0.5, 0.6) is 0 Å². The Hall–Kier alpha value is -0.340. The first-order valence-electron chi connectivity index (χ1n) is 4.90. The lowest BCUT2D eigenvalue weighted by Crippen LogP contribution is -2.41. The van der Waals surface area contributed by atoms with Crippen molar-refractivity contribution in [3.63, 3.8) is 0 Å². The van der Waals surface area contributed by atoms with Crippen LogP contribution in [-0.2, 0) is 0 Å². The normalized spacial score (nSPS) is 33.3. The maximum absolute atomic E-state index is 9.32. The van der Waals surface area contributed by atoms with Gasteiger partial charge in [0.25, 0.3) is 0 Å². The Labute approximate surface area is 80.3 Å². The maximum atomic E-state index is 9.32. The fraction of sp³-hybridized carbons (Fsp3) is 0.818. The number of hydrogen-bond donors (Lipinski definition) is 2. The molecule has 0 aromatic rings. The molecule has 0 fully saturated rings. The summed E-state index contributed by atoms with van der Waals surface area (Å²) in [6.45, 7) is 8.37. The molecule has 13 heavy (non-hydrogen) atoms. The largest absolute Gasteiger partial charge is 0.368 e. The van der Waals surface area contributed by atoms with Crippen LogP contribution in [0.2, 0.25) is 0 Å². The van der Waals surface area contributed by atoms with Crippen molar-refractivity contribution in [2.75, 3.05) is 0 Å². The van der Waals surface area contributed by atoms with Crippen molar-refractivity contribution in [2.24, 2.45) is 17.3 Å². The molecule has 0 aliphatic heterocycles. The number of aliphatic hydroxyl groups is 2. The third kappa shape index (κ3) is 1.79. The van der Waals surface area contributed by atoms with Gasteiger partial charge in [0, 0.05) is 5.92 Å². The summed E-state index contributed by atoms with van der Waals surface area (Å²) < 4.78 is 0. The SMILES string of the molecule is CC1=CC[C@@H](C)C(C)(C)[C@@H]1C(O)O. The van der Waals surface area contributed by atoms with Gasteiger partial charge in [0.1, 0.15) is 0 Å². The van der Waals surface area contributed by atoms with Gasteiger partial charge in [-0.05, 0) is 24.7 Å². The lowest BCUT2D eigenvalue weighted by molar-refractivity contribution is -0.117. The van der Waals surface area contributed by atoms with E-state index in [4.69, 9.17) is 0 Å². The van der Waals surface area contributed by atoms with Crippen molar-refractivity contribution >= 4 is 0 Å². The average molecular weight is 184 g/mol. The Kier molecular flexibility index (Phi) is 2.83. The van der Waals surface area contributed by atoms with Crippen LogP contribution < -0.4 is 0 Å². The van der Waals surface area contributed by atoms with E-state index in [1.807, 2.05) is 6.92 Å². The predicted octanol–water partition coefficient (Wildman–Crippen LogP) is 1.93. The molecule has 0 bridgehead atoms. The quantitative estimate of drug-likeness (QED) is 0.483. The second kappa shape index (κ2) is 3.43. The van der Waals surface area contributed by atoms with Gasteiger partial charge in [0.2, 0.25) is 0 Å². The van der Waals surface area contributed by atoms with Crippen LogP contribution in [0, 0.1) is 17.3 Å². The lowest BCUT2D eigenvalue weighted by Gasteiger charge is -2.44. The van der Waals surface area contributed by atoms with E-state index in [-0.39, 0.29) is 11.3 Å². The Morgan fingerprint density at radius 1 is 1.46 bits per heavy atom. The summed E-state index contributed by atoms with van der Waals surface area (Å²) in [5, 5.41) is 18.6. The van der Waals surface area contributed by atoms with Gasteiger partial charge in [-0.15, -0.1) is 0 Å². The molecular weight excluding hydrogens is 164 g/mol. The molecule has 2 nitrogen and oxygen atoms in total. The molecule has 0 heterocycles. The zero-order chi connectivity index (χ0) is 10.2. The van der Waals surface area contributed by atoms with E-state index in [1.165, 1.54) is 0 Å². The molecule has 0 saturated heterocycles. The van der Waals surface area contributed by atoms with E-state index in [2.05, 4.69) is 26.8 Å². The zero-order valence-corrected chi connectivity index (χ0v) is 8.91. The molecule has 2 N–H and O–H groups in total. The van der Waals surface area contributed by atoms with E-state index in [9.17, 15) is 10.2 Å². The van der Waals surface area contributed by atoms with Gasteiger partial charge >= 0.3 is 0 Å². The number of hydrogen-bond acceptors (Lipinski definition) is 2. The molecule has 1 aliphatic carbocycles. The Bertz CT molecular complexity index is 216. The second-order valence-electron chi connectivity index (χ2n) is 4.80. The molecule has 2 heteroatoms. The zero-order valence-electron chi connectivity index (χ0n) is 8.91. The monoisotopic (exact) mass is 184 g/mol. The Balaban J connectivity index is 2.99. The third-order valence-electron chi connectivity index (χ3n) is 3.65. The average Bonchev–Trinajstić information content (AvgIpc) is 1.96. The third-order valence-corrected chi connectivity index (χ3v) is 3.65. The molecule has 0 saturated carbocycles. The topological polar surface area (TPSA) is 40.5 Å². The molecule has 1 aliphatic rings. The van der Waals surface area contributed by atoms with E-state index in [0.29, 0.717) is 5.92 Å². The first-order valence-corrected chi connectivity index (χ1v) is 4.90. The van der Waals surface area contributed by atoms with Crippen molar-refractivity contribution in [3.05, 3.63) is 11.6 Å². The highest BCUT2D eigenvalue weighted by Gasteiger charge is 2.41. The van der Waals surface area contributed by atoms with Gasteiger partial charge in [0.05, 0.1) is 0 Å². The van der Waals surface area contributed by atoms with Gasteiger partial charge in [-0.25, -0.2) is 0 Å².